The Morgan fingerprint density at radius 1 is 1.32 bits per heavy atom. The molecule has 1 saturated carbocycles. The largest absolute Gasteiger partial charge is 0.440 e. The third kappa shape index (κ3) is 3.24. The van der Waals surface area contributed by atoms with Crippen LogP contribution in [0.3, 0.4) is 0 Å². The van der Waals surface area contributed by atoms with Crippen LogP contribution >= 0.6 is 0 Å². The smallest absolute Gasteiger partial charge is 0.317 e. The number of nitrogens with zero attached hydrogens (tertiary/aromatic N) is 2. The summed E-state index contributed by atoms with van der Waals surface area (Å²) in [6.07, 6.45) is 4.31. The molecule has 2 heterocycles. The van der Waals surface area contributed by atoms with E-state index >= 15 is 0 Å². The molecule has 4 rings (SSSR count). The van der Waals surface area contributed by atoms with Crippen LogP contribution in [0.25, 0.3) is 11.1 Å². The molecular weight excluding hydrogens is 314 g/mol. The Labute approximate surface area is 148 Å². The minimum Gasteiger partial charge on any atom is -0.440 e. The van der Waals surface area contributed by atoms with E-state index in [0.717, 1.165) is 49.5 Å². The van der Waals surface area contributed by atoms with Crippen LogP contribution in [0.5, 0.6) is 0 Å². The first-order valence-corrected chi connectivity index (χ1v) is 9.46. The molecule has 1 saturated heterocycles. The van der Waals surface area contributed by atoms with E-state index in [0.29, 0.717) is 17.3 Å². The summed E-state index contributed by atoms with van der Waals surface area (Å²) < 4.78 is 5.90. The van der Waals surface area contributed by atoms with E-state index in [1.807, 2.05) is 29.2 Å². The molecule has 134 valence electrons. The minimum atomic E-state index is 0.0861. The molecule has 1 aromatic carbocycles. The number of benzene rings is 1. The van der Waals surface area contributed by atoms with Crippen molar-refractivity contribution in [3.05, 3.63) is 30.2 Å². The van der Waals surface area contributed by atoms with E-state index in [-0.39, 0.29) is 6.03 Å². The van der Waals surface area contributed by atoms with Gasteiger partial charge >= 0.3 is 6.03 Å². The predicted octanol–water partition coefficient (Wildman–Crippen LogP) is 4.15. The number of para-hydroxylation sites is 2. The lowest BCUT2D eigenvalue weighted by Gasteiger charge is -2.31. The normalized spacial score (nSPS) is 20.2. The topological polar surface area (TPSA) is 58.4 Å². The van der Waals surface area contributed by atoms with Gasteiger partial charge in [0.1, 0.15) is 5.52 Å². The standard InChI is InChI=1S/C20H27N3O2/c1-14(2)20(9-10-20)13-21-19(24)23-11-7-15(8-12-23)18-22-16-5-3-4-6-17(16)25-18/h3-6,14-15H,7-13H2,1-2H3,(H,21,24). The lowest BCUT2D eigenvalue weighted by atomic mass is 9.92. The Kier molecular flexibility index (Phi) is 4.18. The molecule has 1 aliphatic heterocycles. The summed E-state index contributed by atoms with van der Waals surface area (Å²) in [4.78, 5) is 19.0. The zero-order valence-electron chi connectivity index (χ0n) is 15.1. The van der Waals surface area contributed by atoms with Crippen molar-refractivity contribution in [3.63, 3.8) is 0 Å². The molecule has 2 aromatic rings. The summed E-state index contributed by atoms with van der Waals surface area (Å²) in [5.41, 5.74) is 2.12. The van der Waals surface area contributed by atoms with Crippen molar-refractivity contribution >= 4 is 17.1 Å². The van der Waals surface area contributed by atoms with Gasteiger partial charge in [0.05, 0.1) is 0 Å². The number of oxazole rings is 1. The number of aromatic nitrogens is 1. The van der Waals surface area contributed by atoms with Gasteiger partial charge in [-0.2, -0.15) is 0 Å². The number of fused-ring (bicyclic) bond motifs is 1. The highest BCUT2D eigenvalue weighted by Crippen LogP contribution is 2.51. The average molecular weight is 341 g/mol. The van der Waals surface area contributed by atoms with Crippen LogP contribution in [0.1, 0.15) is 51.3 Å². The van der Waals surface area contributed by atoms with Gasteiger partial charge < -0.3 is 14.6 Å². The molecule has 5 nitrogen and oxygen atoms in total. The van der Waals surface area contributed by atoms with Gasteiger partial charge in [-0.3, -0.25) is 0 Å². The van der Waals surface area contributed by atoms with Crippen LogP contribution in [0.15, 0.2) is 28.7 Å². The summed E-state index contributed by atoms with van der Waals surface area (Å²) in [6.45, 7) is 6.86. The highest BCUT2D eigenvalue weighted by molar-refractivity contribution is 5.74. The zero-order chi connectivity index (χ0) is 17.4. The number of urea groups is 1. The van der Waals surface area contributed by atoms with E-state index in [1.54, 1.807) is 0 Å². The number of likely N-dealkylation sites (tertiary alicyclic amines) is 1. The van der Waals surface area contributed by atoms with Crippen molar-refractivity contribution in [2.75, 3.05) is 19.6 Å². The molecule has 0 spiro atoms. The number of piperidine rings is 1. The maximum atomic E-state index is 12.5. The lowest BCUT2D eigenvalue weighted by molar-refractivity contribution is 0.173. The number of amides is 2. The fraction of sp³-hybridized carbons (Fsp3) is 0.600. The summed E-state index contributed by atoms with van der Waals surface area (Å²) >= 11 is 0. The Bertz CT molecular complexity index is 722. The Morgan fingerprint density at radius 2 is 2.04 bits per heavy atom. The monoisotopic (exact) mass is 341 g/mol. The number of rotatable bonds is 4. The molecule has 2 aliphatic rings. The van der Waals surface area contributed by atoms with Crippen LogP contribution in [0.2, 0.25) is 0 Å². The van der Waals surface area contributed by atoms with E-state index in [2.05, 4.69) is 24.1 Å². The van der Waals surface area contributed by atoms with Gasteiger partial charge in [0.25, 0.3) is 0 Å². The lowest BCUT2D eigenvalue weighted by Crippen LogP contribution is -2.46. The molecular formula is C20H27N3O2. The van der Waals surface area contributed by atoms with Gasteiger partial charge in [-0.1, -0.05) is 26.0 Å². The second-order valence-corrected chi connectivity index (χ2v) is 7.96. The molecule has 1 aromatic heterocycles. The average Bonchev–Trinajstić information content (AvgIpc) is 3.31. The Hall–Kier alpha value is -2.04. The number of carbonyl (C=O) groups excluding carboxylic acids is 1. The molecule has 1 N–H and O–H groups in total. The number of hydrogen-bond acceptors (Lipinski definition) is 3. The van der Waals surface area contributed by atoms with E-state index < -0.39 is 0 Å². The number of nitrogens with one attached hydrogen (secondary N) is 1. The molecule has 1 aliphatic carbocycles. The maximum Gasteiger partial charge on any atom is 0.317 e. The quantitative estimate of drug-likeness (QED) is 0.909. The van der Waals surface area contributed by atoms with Crippen LogP contribution < -0.4 is 5.32 Å². The van der Waals surface area contributed by atoms with Crippen molar-refractivity contribution in [3.8, 4) is 0 Å². The first-order valence-electron chi connectivity index (χ1n) is 9.46. The van der Waals surface area contributed by atoms with Gasteiger partial charge in [0.2, 0.25) is 0 Å². The number of carbonyl (C=O) groups is 1. The molecule has 0 radical (unpaired) electrons. The summed E-state index contributed by atoms with van der Waals surface area (Å²) in [5, 5.41) is 3.16. The van der Waals surface area contributed by atoms with Crippen molar-refractivity contribution in [2.24, 2.45) is 11.3 Å². The van der Waals surface area contributed by atoms with Crippen molar-refractivity contribution < 1.29 is 9.21 Å². The summed E-state index contributed by atoms with van der Waals surface area (Å²) in [7, 11) is 0. The van der Waals surface area contributed by atoms with Gasteiger partial charge in [-0.25, -0.2) is 9.78 Å². The minimum absolute atomic E-state index is 0.0861. The van der Waals surface area contributed by atoms with E-state index in [9.17, 15) is 4.79 Å². The van der Waals surface area contributed by atoms with Crippen molar-refractivity contribution in [2.45, 2.75) is 45.4 Å². The fourth-order valence-corrected chi connectivity index (χ4v) is 3.88. The molecule has 5 heteroatoms. The van der Waals surface area contributed by atoms with E-state index in [4.69, 9.17) is 4.42 Å². The second kappa shape index (κ2) is 6.36. The van der Waals surface area contributed by atoms with E-state index in [1.165, 1.54) is 12.8 Å². The van der Waals surface area contributed by atoms with Gasteiger partial charge in [-0.05, 0) is 49.1 Å². The van der Waals surface area contributed by atoms with Gasteiger partial charge in [0, 0.05) is 25.6 Å². The Morgan fingerprint density at radius 3 is 2.68 bits per heavy atom. The van der Waals surface area contributed by atoms with Crippen LogP contribution in [0, 0.1) is 11.3 Å². The van der Waals surface area contributed by atoms with Crippen LogP contribution in [0.4, 0.5) is 4.79 Å². The molecule has 0 atom stereocenters. The first-order chi connectivity index (χ1) is 12.1. The zero-order valence-corrected chi connectivity index (χ0v) is 15.1. The third-order valence-corrected chi connectivity index (χ3v) is 6.15. The highest BCUT2D eigenvalue weighted by Gasteiger charge is 2.45. The predicted molar refractivity (Wildman–Crippen MR) is 97.5 cm³/mol. The third-order valence-electron chi connectivity index (χ3n) is 6.15. The molecule has 2 fully saturated rings. The number of hydrogen-bond donors (Lipinski definition) is 1. The van der Waals surface area contributed by atoms with Gasteiger partial charge in [0.15, 0.2) is 11.5 Å². The maximum absolute atomic E-state index is 12.5. The van der Waals surface area contributed by atoms with Crippen molar-refractivity contribution in [1.82, 2.24) is 15.2 Å². The molecule has 2 amide bonds. The first kappa shape index (κ1) is 16.4. The second-order valence-electron chi connectivity index (χ2n) is 7.96. The van der Waals surface area contributed by atoms with Crippen LogP contribution in [-0.4, -0.2) is 35.5 Å². The van der Waals surface area contributed by atoms with Gasteiger partial charge in [-0.15, -0.1) is 0 Å². The molecule has 25 heavy (non-hydrogen) atoms. The van der Waals surface area contributed by atoms with Crippen LogP contribution in [-0.2, 0) is 0 Å². The summed E-state index contributed by atoms with van der Waals surface area (Å²) in [5.74, 6) is 1.76. The van der Waals surface area contributed by atoms with Crippen molar-refractivity contribution in [1.29, 1.82) is 0 Å². The Balaban J connectivity index is 1.31. The SMILES string of the molecule is CC(C)C1(CNC(=O)N2CCC(c3nc4ccccc4o3)CC2)CC1. The fourth-order valence-electron chi connectivity index (χ4n) is 3.88. The molecule has 0 unspecified atom stereocenters. The highest BCUT2D eigenvalue weighted by atomic mass is 16.3. The summed E-state index contributed by atoms with van der Waals surface area (Å²) in [6, 6.07) is 7.96. The molecule has 0 bridgehead atoms.